The highest BCUT2D eigenvalue weighted by Gasteiger charge is 2.23. The van der Waals surface area contributed by atoms with Gasteiger partial charge in [-0.3, -0.25) is 0 Å². The van der Waals surface area contributed by atoms with Crippen molar-refractivity contribution in [3.63, 3.8) is 0 Å². The van der Waals surface area contributed by atoms with E-state index >= 15 is 0 Å². The lowest BCUT2D eigenvalue weighted by atomic mass is 10.0. The van der Waals surface area contributed by atoms with Crippen LogP contribution in [0.2, 0.25) is 0 Å². The highest BCUT2D eigenvalue weighted by atomic mass is 16.7. The molecule has 0 saturated carbocycles. The standard InChI is InChI=1S/C23H31NO7/c1-23(2,3)31-22(26)24-12-8-9-13-29-18-14-16-10-6-7-11-17(16)20(30-15-27-4)19(18)21(25)28-5/h6-7,10-11,14H,8-9,12-13,15H2,1-5H3,(H,24,26). The van der Waals surface area contributed by atoms with Crippen LogP contribution in [0.1, 0.15) is 44.0 Å². The van der Waals surface area contributed by atoms with E-state index in [2.05, 4.69) is 5.32 Å². The molecule has 0 heterocycles. The summed E-state index contributed by atoms with van der Waals surface area (Å²) >= 11 is 0. The van der Waals surface area contributed by atoms with Gasteiger partial charge >= 0.3 is 12.1 Å². The lowest BCUT2D eigenvalue weighted by Gasteiger charge is -2.19. The van der Waals surface area contributed by atoms with E-state index in [0.29, 0.717) is 37.5 Å². The molecule has 0 fully saturated rings. The van der Waals surface area contributed by atoms with Crippen molar-refractivity contribution in [2.75, 3.05) is 34.2 Å². The molecule has 0 aliphatic carbocycles. The summed E-state index contributed by atoms with van der Waals surface area (Å²) in [5.74, 6) is 0.170. The number of esters is 1. The third-order valence-corrected chi connectivity index (χ3v) is 4.17. The number of methoxy groups -OCH3 is 2. The van der Waals surface area contributed by atoms with E-state index in [4.69, 9.17) is 23.7 Å². The predicted octanol–water partition coefficient (Wildman–Crippen LogP) is 4.29. The van der Waals surface area contributed by atoms with E-state index in [1.54, 1.807) is 6.07 Å². The summed E-state index contributed by atoms with van der Waals surface area (Å²) in [5, 5.41) is 4.33. The summed E-state index contributed by atoms with van der Waals surface area (Å²) < 4.78 is 26.8. The van der Waals surface area contributed by atoms with E-state index in [9.17, 15) is 9.59 Å². The number of nitrogens with one attached hydrogen (secondary N) is 1. The first-order valence-corrected chi connectivity index (χ1v) is 10.1. The molecule has 0 bridgehead atoms. The van der Waals surface area contributed by atoms with Crippen molar-refractivity contribution in [3.8, 4) is 11.5 Å². The van der Waals surface area contributed by atoms with Crippen LogP contribution in [0, 0.1) is 0 Å². The Kier molecular flexibility index (Phi) is 8.93. The van der Waals surface area contributed by atoms with E-state index < -0.39 is 17.7 Å². The normalized spacial score (nSPS) is 11.1. The third-order valence-electron chi connectivity index (χ3n) is 4.17. The lowest BCUT2D eigenvalue weighted by Crippen LogP contribution is -2.33. The number of hydrogen-bond acceptors (Lipinski definition) is 7. The molecular weight excluding hydrogens is 402 g/mol. The summed E-state index contributed by atoms with van der Waals surface area (Å²) in [5.41, 5.74) is -0.319. The number of amides is 1. The third kappa shape index (κ3) is 7.32. The minimum Gasteiger partial charge on any atom is -0.493 e. The largest absolute Gasteiger partial charge is 0.493 e. The van der Waals surface area contributed by atoms with Crippen LogP contribution in [0.15, 0.2) is 30.3 Å². The quantitative estimate of drug-likeness (QED) is 0.339. The number of benzene rings is 2. The molecule has 0 aromatic heterocycles. The van der Waals surface area contributed by atoms with E-state index in [0.717, 1.165) is 10.8 Å². The van der Waals surface area contributed by atoms with E-state index in [-0.39, 0.29) is 12.4 Å². The van der Waals surface area contributed by atoms with Crippen molar-refractivity contribution in [1.29, 1.82) is 0 Å². The molecule has 170 valence electrons. The van der Waals surface area contributed by atoms with Gasteiger partial charge in [0, 0.05) is 19.0 Å². The second-order valence-corrected chi connectivity index (χ2v) is 7.83. The van der Waals surface area contributed by atoms with Crippen LogP contribution in [-0.4, -0.2) is 51.8 Å². The van der Waals surface area contributed by atoms with Gasteiger partial charge in [-0.25, -0.2) is 9.59 Å². The second kappa shape index (κ2) is 11.4. The number of alkyl carbamates (subject to hydrolysis) is 1. The van der Waals surface area contributed by atoms with Gasteiger partial charge in [0.25, 0.3) is 0 Å². The highest BCUT2D eigenvalue weighted by molar-refractivity contribution is 6.04. The minimum absolute atomic E-state index is 0.0201. The molecule has 8 heteroatoms. The Morgan fingerprint density at radius 2 is 1.77 bits per heavy atom. The first-order chi connectivity index (χ1) is 14.8. The van der Waals surface area contributed by atoms with Crippen LogP contribution in [0.4, 0.5) is 4.79 Å². The number of unbranched alkanes of at least 4 members (excludes halogenated alkanes) is 1. The second-order valence-electron chi connectivity index (χ2n) is 7.83. The molecule has 1 amide bonds. The van der Waals surface area contributed by atoms with Gasteiger partial charge in [-0.1, -0.05) is 24.3 Å². The van der Waals surface area contributed by atoms with Crippen LogP contribution in [0.5, 0.6) is 11.5 Å². The van der Waals surface area contributed by atoms with Crippen molar-refractivity contribution >= 4 is 22.8 Å². The number of rotatable bonds is 10. The Hall–Kier alpha value is -3.00. The summed E-state index contributed by atoms with van der Waals surface area (Å²) in [7, 11) is 2.81. The Balaban J connectivity index is 2.07. The van der Waals surface area contributed by atoms with Crippen molar-refractivity contribution in [3.05, 3.63) is 35.9 Å². The molecule has 31 heavy (non-hydrogen) atoms. The number of hydrogen-bond donors (Lipinski definition) is 1. The maximum Gasteiger partial charge on any atom is 0.407 e. The van der Waals surface area contributed by atoms with Gasteiger partial charge in [-0.2, -0.15) is 0 Å². The summed E-state index contributed by atoms with van der Waals surface area (Å²) in [6.45, 7) is 6.23. The van der Waals surface area contributed by atoms with Crippen molar-refractivity contribution in [1.82, 2.24) is 5.32 Å². The SMILES string of the molecule is COCOc1c(C(=O)OC)c(OCCCCNC(=O)OC(C)(C)C)cc2ccccc12. The van der Waals surface area contributed by atoms with Crippen molar-refractivity contribution in [2.45, 2.75) is 39.2 Å². The zero-order chi connectivity index (χ0) is 22.9. The van der Waals surface area contributed by atoms with Gasteiger partial charge in [0.05, 0.1) is 13.7 Å². The van der Waals surface area contributed by atoms with Crippen molar-refractivity contribution in [2.24, 2.45) is 0 Å². The Bertz CT molecular complexity index is 889. The number of carbonyl (C=O) groups excluding carboxylic acids is 2. The van der Waals surface area contributed by atoms with Gasteiger partial charge in [0.15, 0.2) is 6.79 Å². The van der Waals surface area contributed by atoms with Crippen LogP contribution >= 0.6 is 0 Å². The van der Waals surface area contributed by atoms with E-state index in [1.165, 1.54) is 14.2 Å². The Morgan fingerprint density at radius 1 is 1.03 bits per heavy atom. The first-order valence-electron chi connectivity index (χ1n) is 10.1. The van der Waals surface area contributed by atoms with Crippen LogP contribution < -0.4 is 14.8 Å². The van der Waals surface area contributed by atoms with Gasteiger partial charge in [-0.05, 0) is 45.1 Å². The predicted molar refractivity (Wildman–Crippen MR) is 117 cm³/mol. The number of ether oxygens (including phenoxy) is 5. The molecule has 0 spiro atoms. The maximum atomic E-state index is 12.5. The molecule has 8 nitrogen and oxygen atoms in total. The molecular formula is C23H31NO7. The average Bonchev–Trinajstić information content (AvgIpc) is 2.72. The lowest BCUT2D eigenvalue weighted by molar-refractivity contribution is 0.0467. The van der Waals surface area contributed by atoms with Crippen molar-refractivity contribution < 1.29 is 33.3 Å². The topological polar surface area (TPSA) is 92.3 Å². The van der Waals surface area contributed by atoms with Gasteiger partial charge in [0.2, 0.25) is 0 Å². The molecule has 0 aliphatic rings. The fraction of sp³-hybridized carbons (Fsp3) is 0.478. The Labute approximate surface area is 182 Å². The maximum absolute atomic E-state index is 12.5. The van der Waals surface area contributed by atoms with Crippen LogP contribution in [-0.2, 0) is 14.2 Å². The summed E-state index contributed by atoms with van der Waals surface area (Å²) in [4.78, 5) is 24.2. The molecule has 0 saturated heterocycles. The minimum atomic E-state index is -0.557. The first kappa shape index (κ1) is 24.3. The summed E-state index contributed by atoms with van der Waals surface area (Å²) in [6.07, 6.45) is 0.904. The molecule has 0 unspecified atom stereocenters. The van der Waals surface area contributed by atoms with Crippen LogP contribution in [0.3, 0.4) is 0 Å². The highest BCUT2D eigenvalue weighted by Crippen LogP contribution is 2.37. The van der Waals surface area contributed by atoms with Gasteiger partial charge in [-0.15, -0.1) is 0 Å². The summed E-state index contributed by atoms with van der Waals surface area (Å²) in [6, 6.07) is 9.32. The van der Waals surface area contributed by atoms with Gasteiger partial charge < -0.3 is 29.0 Å². The molecule has 2 aromatic carbocycles. The molecule has 0 atom stereocenters. The fourth-order valence-electron chi connectivity index (χ4n) is 2.88. The Morgan fingerprint density at radius 3 is 2.45 bits per heavy atom. The monoisotopic (exact) mass is 433 g/mol. The molecule has 0 radical (unpaired) electrons. The van der Waals surface area contributed by atoms with E-state index in [1.807, 2.05) is 45.0 Å². The smallest absolute Gasteiger partial charge is 0.407 e. The zero-order valence-electron chi connectivity index (χ0n) is 18.8. The number of carbonyl (C=O) groups is 2. The zero-order valence-corrected chi connectivity index (χ0v) is 18.8. The average molecular weight is 434 g/mol. The number of fused-ring (bicyclic) bond motifs is 1. The molecule has 1 N–H and O–H groups in total. The molecule has 2 rings (SSSR count). The fourth-order valence-corrected chi connectivity index (χ4v) is 2.88. The van der Waals surface area contributed by atoms with Crippen LogP contribution in [0.25, 0.3) is 10.8 Å². The molecule has 0 aliphatic heterocycles. The van der Waals surface area contributed by atoms with Gasteiger partial charge in [0.1, 0.15) is 22.7 Å². The molecule has 2 aromatic rings.